The molecule has 2 aromatic carbocycles. The summed E-state index contributed by atoms with van der Waals surface area (Å²) < 4.78 is 5.43. The Bertz CT molecular complexity index is 1300. The monoisotopic (exact) mass is 767 g/mol. The number of hydrogen-bond donors (Lipinski definition) is 13. The minimum atomic E-state index is -1.38. The Morgan fingerprint density at radius 2 is 1.35 bits per heavy atom. The maximum absolute atomic E-state index is 11.5. The van der Waals surface area contributed by atoms with E-state index in [9.17, 15) is 41.0 Å². The van der Waals surface area contributed by atoms with Crippen molar-refractivity contribution in [3.05, 3.63) is 65.4 Å². The molecule has 16 heteroatoms. The van der Waals surface area contributed by atoms with Crippen molar-refractivity contribution in [1.29, 1.82) is 0 Å². The van der Waals surface area contributed by atoms with E-state index in [-0.39, 0.29) is 42.2 Å². The number of aliphatic hydroxyl groups is 7. The first-order chi connectivity index (χ1) is 25.3. The summed E-state index contributed by atoms with van der Waals surface area (Å²) in [5.74, 6) is 0.331. The van der Waals surface area contributed by atoms with Crippen LogP contribution in [0.1, 0.15) is 73.3 Å². The molecule has 2 rings (SSSR count). The lowest BCUT2D eigenvalue weighted by Crippen LogP contribution is -2.60. The van der Waals surface area contributed by atoms with Gasteiger partial charge in [0.2, 0.25) is 6.29 Å². The standard InChI is InChI=1S/C38H67N6O10/c1-8-38(7,36(51)40-20-25(4)45)23-37(5,6)35(50)41-21-31(46)42-30(19-26-12-10-9-11-13-26)34(49)43-29(18-24(2)3)33(48)39-22-32(47)54-28-16-14-27(15-17-28)44(52)53/h9-17,24-25,29-36,39-43,45-52H,8,18-23H2,1-7H3/q-1. The third-order valence-electron chi connectivity index (χ3n) is 9.59. The molecule has 0 fully saturated rings. The molecule has 0 saturated carbocycles. The first kappa shape index (κ1) is 47.6. The molecule has 16 nitrogen and oxygen atoms in total. The number of aliphatic hydroxyl groups excluding tert-OH is 7. The summed E-state index contributed by atoms with van der Waals surface area (Å²) in [7, 11) is 0. The van der Waals surface area contributed by atoms with Crippen LogP contribution >= 0.6 is 0 Å². The van der Waals surface area contributed by atoms with E-state index in [4.69, 9.17) is 9.94 Å². The highest BCUT2D eigenvalue weighted by Crippen LogP contribution is 2.40. The van der Waals surface area contributed by atoms with Crippen LogP contribution in [0.25, 0.3) is 0 Å². The highest BCUT2D eigenvalue weighted by Gasteiger charge is 2.40. The summed E-state index contributed by atoms with van der Waals surface area (Å²) >= 11 is 0. The molecule has 54 heavy (non-hydrogen) atoms. The van der Waals surface area contributed by atoms with E-state index in [0.29, 0.717) is 25.7 Å². The number of nitrogens with one attached hydrogen (secondary N) is 5. The van der Waals surface area contributed by atoms with Crippen LogP contribution in [0.15, 0.2) is 54.6 Å². The molecule has 13 N–H and O–H groups in total. The average Bonchev–Trinajstić information content (AvgIpc) is 3.11. The summed E-state index contributed by atoms with van der Waals surface area (Å²) in [6, 6.07) is 13.4. The molecule has 0 bridgehead atoms. The summed E-state index contributed by atoms with van der Waals surface area (Å²) in [5, 5.41) is 111. The second-order valence-corrected chi connectivity index (χ2v) is 15.7. The third-order valence-corrected chi connectivity index (χ3v) is 9.59. The molecule has 0 aliphatic heterocycles. The largest absolute Gasteiger partial charge is 0.733 e. The summed E-state index contributed by atoms with van der Waals surface area (Å²) in [5.41, 5.74) is -0.491. The molecule has 2 aromatic rings. The van der Waals surface area contributed by atoms with E-state index in [1.54, 1.807) is 6.92 Å². The predicted octanol–water partition coefficient (Wildman–Crippen LogP) is 0.857. The Morgan fingerprint density at radius 1 is 0.741 bits per heavy atom. The normalized spacial score (nSPS) is 18.5. The van der Waals surface area contributed by atoms with Crippen molar-refractivity contribution >= 4 is 5.69 Å². The van der Waals surface area contributed by atoms with Gasteiger partial charge in [0.1, 0.15) is 36.9 Å². The number of ether oxygens (including phenoxy) is 1. The molecule has 0 radical (unpaired) electrons. The number of hydrogen-bond acceptors (Lipinski definition) is 16. The van der Waals surface area contributed by atoms with Crippen molar-refractivity contribution in [1.82, 2.24) is 26.6 Å². The van der Waals surface area contributed by atoms with Gasteiger partial charge >= 0.3 is 0 Å². The number of anilines is 1. The van der Waals surface area contributed by atoms with E-state index in [2.05, 4.69) is 26.6 Å². The van der Waals surface area contributed by atoms with Gasteiger partial charge in [-0.15, -0.1) is 0 Å². The minimum Gasteiger partial charge on any atom is -0.733 e. The van der Waals surface area contributed by atoms with Gasteiger partial charge < -0.3 is 50.9 Å². The molecule has 0 amide bonds. The van der Waals surface area contributed by atoms with Crippen molar-refractivity contribution in [3.8, 4) is 5.75 Å². The zero-order chi connectivity index (χ0) is 40.6. The average molecular weight is 768 g/mol. The molecular weight excluding hydrogens is 700 g/mol. The van der Waals surface area contributed by atoms with E-state index < -0.39 is 66.4 Å². The van der Waals surface area contributed by atoms with Gasteiger partial charge in [0.05, 0.1) is 24.4 Å². The van der Waals surface area contributed by atoms with Gasteiger partial charge in [0.25, 0.3) is 0 Å². The van der Waals surface area contributed by atoms with Crippen molar-refractivity contribution in [2.75, 3.05) is 24.9 Å². The lowest BCUT2D eigenvalue weighted by atomic mass is 9.70. The second kappa shape index (κ2) is 22.9. The Kier molecular flexibility index (Phi) is 20.2. The van der Waals surface area contributed by atoms with Crippen LogP contribution in [0.5, 0.6) is 5.75 Å². The Morgan fingerprint density at radius 3 is 1.91 bits per heavy atom. The fourth-order valence-electron chi connectivity index (χ4n) is 6.36. The fraction of sp³-hybridized carbons (Fsp3) is 0.684. The van der Waals surface area contributed by atoms with Crippen molar-refractivity contribution in [3.63, 3.8) is 0 Å². The molecule has 310 valence electrons. The van der Waals surface area contributed by atoms with E-state index >= 15 is 0 Å². The van der Waals surface area contributed by atoms with Gasteiger partial charge in [-0.2, -0.15) is 0 Å². The molecule has 0 spiro atoms. The van der Waals surface area contributed by atoms with Crippen LogP contribution in [0.2, 0.25) is 0 Å². The third kappa shape index (κ3) is 16.7. The highest BCUT2D eigenvalue weighted by molar-refractivity contribution is 5.47. The van der Waals surface area contributed by atoms with Gasteiger partial charge in [0, 0.05) is 30.0 Å². The summed E-state index contributed by atoms with van der Waals surface area (Å²) in [6.45, 7) is 13.1. The summed E-state index contributed by atoms with van der Waals surface area (Å²) in [6.07, 6.45) is -5.96. The summed E-state index contributed by atoms with van der Waals surface area (Å²) in [4.78, 5) is 0. The SMILES string of the molecule is CCC(C)(CC(C)(C)C(O)NCC(O)NC(Cc1ccccc1)C(O)NC(CC(C)C)C(O)NCC(O)Oc1ccc(N([O-])O)cc1)C(O)NCC(C)O. The zero-order valence-corrected chi connectivity index (χ0v) is 32.8. The predicted molar refractivity (Wildman–Crippen MR) is 207 cm³/mol. The molecule has 10 unspecified atom stereocenters. The lowest BCUT2D eigenvalue weighted by molar-refractivity contribution is -0.0673. The van der Waals surface area contributed by atoms with Crippen LogP contribution in [0.3, 0.4) is 0 Å². The van der Waals surface area contributed by atoms with Gasteiger partial charge in [-0.25, -0.2) is 0 Å². The lowest BCUT2D eigenvalue weighted by Gasteiger charge is -2.43. The quantitative estimate of drug-likeness (QED) is 0.0444. The maximum atomic E-state index is 11.5. The van der Waals surface area contributed by atoms with E-state index in [1.165, 1.54) is 24.3 Å². The van der Waals surface area contributed by atoms with Gasteiger partial charge in [0.15, 0.2) is 0 Å². The van der Waals surface area contributed by atoms with Crippen molar-refractivity contribution in [2.24, 2.45) is 16.7 Å². The smallest absolute Gasteiger partial charge is 0.210 e. The number of nitrogens with zero attached hydrogens (tertiary/aromatic N) is 1. The van der Waals surface area contributed by atoms with Gasteiger partial charge in [-0.1, -0.05) is 71.9 Å². The van der Waals surface area contributed by atoms with Crippen LogP contribution in [-0.4, -0.2) is 116 Å². The Hall–Kier alpha value is -2.52. The number of rotatable bonds is 27. The molecule has 0 heterocycles. The highest BCUT2D eigenvalue weighted by atomic mass is 16.8. The molecule has 0 aliphatic carbocycles. The topological polar surface area (TPSA) is 258 Å². The van der Waals surface area contributed by atoms with Gasteiger partial charge in [-0.3, -0.25) is 31.8 Å². The van der Waals surface area contributed by atoms with Crippen LogP contribution < -0.4 is 36.5 Å². The molecule has 0 aromatic heterocycles. The Balaban J connectivity index is 2.08. The van der Waals surface area contributed by atoms with Crippen molar-refractivity contribution < 1.29 is 45.7 Å². The molecule has 0 saturated heterocycles. The first-order valence-corrected chi connectivity index (χ1v) is 18.7. The van der Waals surface area contributed by atoms with E-state index in [0.717, 1.165) is 5.56 Å². The van der Waals surface area contributed by atoms with Crippen LogP contribution in [-0.2, 0) is 6.42 Å². The van der Waals surface area contributed by atoms with E-state index in [1.807, 2.05) is 71.9 Å². The number of benzene rings is 2. The maximum Gasteiger partial charge on any atom is 0.210 e. The minimum absolute atomic E-state index is 0.0113. The van der Waals surface area contributed by atoms with Crippen molar-refractivity contribution in [2.45, 2.75) is 130 Å². The van der Waals surface area contributed by atoms with Crippen LogP contribution in [0.4, 0.5) is 5.69 Å². The Labute approximate surface area is 320 Å². The second-order valence-electron chi connectivity index (χ2n) is 15.7. The van der Waals surface area contributed by atoms with Gasteiger partial charge in [-0.05, 0) is 68.4 Å². The first-order valence-electron chi connectivity index (χ1n) is 18.7. The molecule has 10 atom stereocenters. The molecule has 0 aliphatic rings. The zero-order valence-electron chi connectivity index (χ0n) is 32.8. The molecular formula is C38H67N6O10-. The van der Waals surface area contributed by atoms with Crippen LogP contribution in [0, 0.1) is 22.0 Å². The fourth-order valence-corrected chi connectivity index (χ4v) is 6.36.